The standard InChI is InChI=1S/C19H20FN3O2/c1-13-10-15(11-16(12-21)19(24)22-8-9-25-3)14(2)23(13)18-6-4-17(20)5-7-18/h4-7,10-11H,8-9H2,1-3H3,(H,22,24)/b16-11+. The van der Waals surface area contributed by atoms with Crippen LogP contribution in [-0.4, -0.2) is 30.7 Å². The van der Waals surface area contributed by atoms with E-state index in [1.54, 1.807) is 18.2 Å². The summed E-state index contributed by atoms with van der Waals surface area (Å²) in [6, 6.07) is 9.98. The van der Waals surface area contributed by atoms with Crippen LogP contribution in [0.5, 0.6) is 0 Å². The van der Waals surface area contributed by atoms with Gasteiger partial charge >= 0.3 is 0 Å². The van der Waals surface area contributed by atoms with Crippen molar-refractivity contribution in [3.63, 3.8) is 0 Å². The SMILES string of the molecule is COCCNC(=O)/C(C#N)=C/c1cc(C)n(-c2ccc(F)cc2)c1C. The minimum Gasteiger partial charge on any atom is -0.383 e. The number of benzene rings is 1. The summed E-state index contributed by atoms with van der Waals surface area (Å²) in [7, 11) is 1.54. The fourth-order valence-electron chi connectivity index (χ4n) is 2.59. The monoisotopic (exact) mass is 341 g/mol. The van der Waals surface area contributed by atoms with Crippen LogP contribution in [0.3, 0.4) is 0 Å². The van der Waals surface area contributed by atoms with Gasteiger partial charge in [-0.25, -0.2) is 4.39 Å². The minimum atomic E-state index is -0.439. The summed E-state index contributed by atoms with van der Waals surface area (Å²) in [5.74, 6) is -0.739. The summed E-state index contributed by atoms with van der Waals surface area (Å²) >= 11 is 0. The first-order chi connectivity index (χ1) is 12.0. The number of amides is 1. The molecule has 0 bridgehead atoms. The lowest BCUT2D eigenvalue weighted by Gasteiger charge is -2.09. The van der Waals surface area contributed by atoms with E-state index < -0.39 is 5.91 Å². The van der Waals surface area contributed by atoms with Crippen molar-refractivity contribution in [2.45, 2.75) is 13.8 Å². The number of hydrogen-bond donors (Lipinski definition) is 1. The first-order valence-corrected chi connectivity index (χ1v) is 7.81. The Morgan fingerprint density at radius 2 is 2.04 bits per heavy atom. The summed E-state index contributed by atoms with van der Waals surface area (Å²) in [6.45, 7) is 4.52. The molecule has 0 radical (unpaired) electrons. The number of aryl methyl sites for hydroxylation is 1. The second-order valence-corrected chi connectivity index (χ2v) is 5.56. The summed E-state index contributed by atoms with van der Waals surface area (Å²) in [5, 5.41) is 11.9. The normalized spacial score (nSPS) is 11.2. The molecule has 5 nitrogen and oxygen atoms in total. The van der Waals surface area contributed by atoms with Crippen molar-refractivity contribution in [3.8, 4) is 11.8 Å². The van der Waals surface area contributed by atoms with Gasteiger partial charge in [-0.2, -0.15) is 5.26 Å². The number of aromatic nitrogens is 1. The molecule has 0 saturated carbocycles. The smallest absolute Gasteiger partial charge is 0.262 e. The number of rotatable bonds is 6. The Labute approximate surface area is 146 Å². The lowest BCUT2D eigenvalue weighted by molar-refractivity contribution is -0.117. The summed E-state index contributed by atoms with van der Waals surface area (Å²) < 4.78 is 20.0. The molecule has 1 N–H and O–H groups in total. The van der Waals surface area contributed by atoms with Gasteiger partial charge in [-0.1, -0.05) is 0 Å². The van der Waals surface area contributed by atoms with E-state index in [1.165, 1.54) is 19.2 Å². The zero-order valence-electron chi connectivity index (χ0n) is 14.5. The fourth-order valence-corrected chi connectivity index (χ4v) is 2.59. The van der Waals surface area contributed by atoms with Crippen LogP contribution < -0.4 is 5.32 Å². The van der Waals surface area contributed by atoms with Gasteiger partial charge in [0.25, 0.3) is 5.91 Å². The lowest BCUT2D eigenvalue weighted by atomic mass is 10.1. The number of carbonyl (C=O) groups excluding carboxylic acids is 1. The van der Waals surface area contributed by atoms with E-state index in [0.29, 0.717) is 13.2 Å². The van der Waals surface area contributed by atoms with Crippen LogP contribution in [0.4, 0.5) is 4.39 Å². The highest BCUT2D eigenvalue weighted by molar-refractivity contribution is 6.01. The van der Waals surface area contributed by atoms with E-state index >= 15 is 0 Å². The molecule has 0 aliphatic rings. The number of nitriles is 1. The third-order valence-corrected chi connectivity index (χ3v) is 3.81. The molecule has 0 saturated heterocycles. The Morgan fingerprint density at radius 3 is 2.64 bits per heavy atom. The van der Waals surface area contributed by atoms with Gasteiger partial charge in [-0.05, 0) is 55.8 Å². The molecule has 1 aromatic carbocycles. The van der Waals surface area contributed by atoms with Crippen LogP contribution in [0.25, 0.3) is 11.8 Å². The maximum absolute atomic E-state index is 13.1. The second-order valence-electron chi connectivity index (χ2n) is 5.56. The molecule has 130 valence electrons. The van der Waals surface area contributed by atoms with Gasteiger partial charge in [0.2, 0.25) is 0 Å². The summed E-state index contributed by atoms with van der Waals surface area (Å²) in [6.07, 6.45) is 1.56. The van der Waals surface area contributed by atoms with Crippen molar-refractivity contribution in [1.82, 2.24) is 9.88 Å². The highest BCUT2D eigenvalue weighted by atomic mass is 19.1. The largest absolute Gasteiger partial charge is 0.383 e. The van der Waals surface area contributed by atoms with Crippen LogP contribution in [0.2, 0.25) is 0 Å². The first-order valence-electron chi connectivity index (χ1n) is 7.81. The van der Waals surface area contributed by atoms with Gasteiger partial charge in [0, 0.05) is 30.7 Å². The van der Waals surface area contributed by atoms with Gasteiger partial charge in [-0.3, -0.25) is 4.79 Å². The van der Waals surface area contributed by atoms with E-state index in [9.17, 15) is 14.4 Å². The molecule has 0 spiro atoms. The maximum Gasteiger partial charge on any atom is 0.262 e. The Balaban J connectivity index is 2.33. The number of methoxy groups -OCH3 is 1. The van der Waals surface area contributed by atoms with Crippen molar-refractivity contribution in [2.24, 2.45) is 0 Å². The maximum atomic E-state index is 13.1. The molecule has 1 heterocycles. The minimum absolute atomic E-state index is 0.0236. The van der Waals surface area contributed by atoms with Crippen LogP contribution in [0, 0.1) is 31.0 Å². The Bertz CT molecular complexity index is 830. The van der Waals surface area contributed by atoms with Gasteiger partial charge < -0.3 is 14.6 Å². The molecule has 0 unspecified atom stereocenters. The number of nitrogens with zero attached hydrogens (tertiary/aromatic N) is 2. The van der Waals surface area contributed by atoms with E-state index in [2.05, 4.69) is 5.32 Å². The molecule has 6 heteroatoms. The summed E-state index contributed by atoms with van der Waals surface area (Å²) in [4.78, 5) is 12.1. The third-order valence-electron chi connectivity index (χ3n) is 3.81. The van der Waals surface area contributed by atoms with Crippen LogP contribution in [0.15, 0.2) is 35.9 Å². The van der Waals surface area contributed by atoms with E-state index in [0.717, 1.165) is 22.6 Å². The first kappa shape index (κ1) is 18.4. The van der Waals surface area contributed by atoms with Gasteiger partial charge in [-0.15, -0.1) is 0 Å². The average Bonchev–Trinajstić information content (AvgIpc) is 2.87. The molecular weight excluding hydrogens is 321 g/mol. The van der Waals surface area contributed by atoms with Crippen LogP contribution in [0.1, 0.15) is 17.0 Å². The Morgan fingerprint density at radius 1 is 1.36 bits per heavy atom. The molecule has 0 aliphatic carbocycles. The molecule has 1 amide bonds. The average molecular weight is 341 g/mol. The number of halogens is 1. The molecule has 0 fully saturated rings. The molecule has 25 heavy (non-hydrogen) atoms. The Kier molecular flexibility index (Phi) is 6.09. The highest BCUT2D eigenvalue weighted by Crippen LogP contribution is 2.23. The van der Waals surface area contributed by atoms with Crippen molar-refractivity contribution in [2.75, 3.05) is 20.3 Å². The number of hydrogen-bond acceptors (Lipinski definition) is 3. The van der Waals surface area contributed by atoms with Gasteiger partial charge in [0.15, 0.2) is 0 Å². The zero-order valence-corrected chi connectivity index (χ0v) is 14.5. The quantitative estimate of drug-likeness (QED) is 0.499. The predicted molar refractivity (Wildman–Crippen MR) is 93.7 cm³/mol. The summed E-state index contributed by atoms with van der Waals surface area (Å²) in [5.41, 5.74) is 3.39. The molecule has 2 rings (SSSR count). The number of nitrogens with one attached hydrogen (secondary N) is 1. The van der Waals surface area contributed by atoms with Crippen molar-refractivity contribution >= 4 is 12.0 Å². The van der Waals surface area contributed by atoms with Crippen molar-refractivity contribution in [3.05, 3.63) is 58.7 Å². The van der Waals surface area contributed by atoms with E-state index in [4.69, 9.17) is 4.74 Å². The molecule has 2 aromatic rings. The van der Waals surface area contributed by atoms with Gasteiger partial charge in [0.05, 0.1) is 6.61 Å². The molecule has 0 atom stereocenters. The zero-order chi connectivity index (χ0) is 18.4. The van der Waals surface area contributed by atoms with Crippen molar-refractivity contribution in [1.29, 1.82) is 5.26 Å². The molecule has 0 aliphatic heterocycles. The molecular formula is C19H20FN3O2. The Hall–Kier alpha value is -2.91. The van der Waals surface area contributed by atoms with Gasteiger partial charge in [0.1, 0.15) is 17.5 Å². The second kappa shape index (κ2) is 8.27. The number of carbonyl (C=O) groups is 1. The molecule has 1 aromatic heterocycles. The van der Waals surface area contributed by atoms with E-state index in [-0.39, 0.29) is 11.4 Å². The van der Waals surface area contributed by atoms with Crippen molar-refractivity contribution < 1.29 is 13.9 Å². The highest BCUT2D eigenvalue weighted by Gasteiger charge is 2.13. The topological polar surface area (TPSA) is 67.0 Å². The number of ether oxygens (including phenoxy) is 1. The lowest BCUT2D eigenvalue weighted by Crippen LogP contribution is -2.27. The van der Waals surface area contributed by atoms with E-state index in [1.807, 2.05) is 30.6 Å². The third kappa shape index (κ3) is 4.34. The fraction of sp³-hybridized carbons (Fsp3) is 0.263. The van der Waals surface area contributed by atoms with Crippen LogP contribution in [-0.2, 0) is 9.53 Å². The van der Waals surface area contributed by atoms with Crippen LogP contribution >= 0.6 is 0 Å². The predicted octanol–water partition coefficient (Wildman–Crippen LogP) is 2.90.